The van der Waals surface area contributed by atoms with Crippen molar-refractivity contribution >= 4 is 11.6 Å². The molecule has 0 heterocycles. The Kier molecular flexibility index (Phi) is 3.23. The van der Waals surface area contributed by atoms with E-state index in [1.807, 2.05) is 43.3 Å². The van der Waals surface area contributed by atoms with Gasteiger partial charge in [-0.3, -0.25) is 9.59 Å². The molecule has 0 spiro atoms. The largest absolute Gasteiger partial charge is 0.294 e. The first-order valence-corrected chi connectivity index (χ1v) is 6.87. The first-order chi connectivity index (χ1) is 9.65. The lowest BCUT2D eigenvalue weighted by Crippen LogP contribution is -2.28. The molecule has 0 saturated carbocycles. The lowest BCUT2D eigenvalue weighted by molar-refractivity contribution is 0.0823. The third-order valence-electron chi connectivity index (χ3n) is 3.90. The van der Waals surface area contributed by atoms with Crippen LogP contribution in [0.5, 0.6) is 0 Å². The molecule has 0 aromatic heterocycles. The highest BCUT2D eigenvalue weighted by Crippen LogP contribution is 2.28. The summed E-state index contributed by atoms with van der Waals surface area (Å²) in [5.41, 5.74) is 3.48. The van der Waals surface area contributed by atoms with E-state index in [0.29, 0.717) is 24.0 Å². The summed E-state index contributed by atoms with van der Waals surface area (Å²) in [6, 6.07) is 15.3. The van der Waals surface area contributed by atoms with Crippen LogP contribution in [0.4, 0.5) is 0 Å². The quantitative estimate of drug-likeness (QED) is 0.830. The van der Waals surface area contributed by atoms with Crippen molar-refractivity contribution in [3.8, 4) is 0 Å². The highest BCUT2D eigenvalue weighted by Gasteiger charge is 2.31. The molecule has 0 radical (unpaired) electrons. The molecule has 0 aliphatic heterocycles. The van der Waals surface area contributed by atoms with Gasteiger partial charge in [0.2, 0.25) is 0 Å². The van der Waals surface area contributed by atoms with Gasteiger partial charge in [-0.2, -0.15) is 0 Å². The van der Waals surface area contributed by atoms with E-state index in [-0.39, 0.29) is 17.5 Å². The number of fused-ring (bicyclic) bond motifs is 1. The predicted octanol–water partition coefficient (Wildman–Crippen LogP) is 3.62. The molecule has 1 aliphatic rings. The van der Waals surface area contributed by atoms with Crippen molar-refractivity contribution in [2.45, 2.75) is 19.8 Å². The molecule has 0 amide bonds. The topological polar surface area (TPSA) is 34.1 Å². The summed E-state index contributed by atoms with van der Waals surface area (Å²) in [6.45, 7) is 2.04. The molecule has 1 aliphatic carbocycles. The standard InChI is InChI=1S/C18H16O2/c1-12-6-8-13(9-7-12)10-14-11-17(19)15-4-2-3-5-16(15)18(14)20/h2-9,14H,10-11H2,1H3/t14-/m0/s1. The van der Waals surface area contributed by atoms with Gasteiger partial charge in [0.15, 0.2) is 11.6 Å². The Labute approximate surface area is 118 Å². The van der Waals surface area contributed by atoms with Gasteiger partial charge in [0.25, 0.3) is 0 Å². The molecule has 0 fully saturated rings. The van der Waals surface area contributed by atoms with Crippen molar-refractivity contribution in [2.24, 2.45) is 5.92 Å². The second kappa shape index (κ2) is 5.04. The van der Waals surface area contributed by atoms with Gasteiger partial charge >= 0.3 is 0 Å². The number of hydrogen-bond donors (Lipinski definition) is 0. The Morgan fingerprint density at radius 1 is 0.950 bits per heavy atom. The molecule has 2 aromatic carbocycles. The number of carbonyl (C=O) groups is 2. The first-order valence-electron chi connectivity index (χ1n) is 6.87. The summed E-state index contributed by atoms with van der Waals surface area (Å²) in [5.74, 6) is -0.0433. The minimum atomic E-state index is -0.222. The van der Waals surface area contributed by atoms with Crippen LogP contribution < -0.4 is 0 Å². The SMILES string of the molecule is Cc1ccc(C[C@H]2CC(=O)c3ccccc3C2=O)cc1. The lowest BCUT2D eigenvalue weighted by atomic mass is 9.79. The van der Waals surface area contributed by atoms with Crippen molar-refractivity contribution in [1.29, 1.82) is 0 Å². The van der Waals surface area contributed by atoms with Crippen LogP contribution in [0.25, 0.3) is 0 Å². The second-order valence-electron chi connectivity index (χ2n) is 5.42. The normalized spacial score (nSPS) is 17.9. The molecule has 2 nitrogen and oxygen atoms in total. The molecule has 3 rings (SSSR count). The highest BCUT2D eigenvalue weighted by atomic mass is 16.1. The average molecular weight is 264 g/mol. The van der Waals surface area contributed by atoms with Gasteiger partial charge in [-0.25, -0.2) is 0 Å². The number of ketones is 2. The van der Waals surface area contributed by atoms with E-state index in [1.54, 1.807) is 12.1 Å². The molecular formula is C18H16O2. The zero-order valence-electron chi connectivity index (χ0n) is 11.4. The van der Waals surface area contributed by atoms with Crippen molar-refractivity contribution in [3.05, 3.63) is 70.8 Å². The molecular weight excluding hydrogens is 248 g/mol. The number of carbonyl (C=O) groups excluding carboxylic acids is 2. The molecule has 2 aromatic rings. The predicted molar refractivity (Wildman–Crippen MR) is 78.1 cm³/mol. The van der Waals surface area contributed by atoms with Crippen molar-refractivity contribution in [1.82, 2.24) is 0 Å². The summed E-state index contributed by atoms with van der Waals surface area (Å²) >= 11 is 0. The van der Waals surface area contributed by atoms with Gasteiger partial charge in [0.05, 0.1) is 0 Å². The van der Waals surface area contributed by atoms with Crippen LogP contribution in [-0.4, -0.2) is 11.6 Å². The summed E-state index contributed by atoms with van der Waals surface area (Å²) < 4.78 is 0. The molecule has 1 atom stereocenters. The second-order valence-corrected chi connectivity index (χ2v) is 5.42. The van der Waals surface area contributed by atoms with Gasteiger partial charge in [0, 0.05) is 23.5 Å². The van der Waals surface area contributed by atoms with E-state index < -0.39 is 0 Å². The summed E-state index contributed by atoms with van der Waals surface area (Å²) in [4.78, 5) is 24.6. The maximum absolute atomic E-state index is 12.5. The smallest absolute Gasteiger partial charge is 0.167 e. The van der Waals surface area contributed by atoms with Gasteiger partial charge in [-0.05, 0) is 18.9 Å². The van der Waals surface area contributed by atoms with E-state index in [0.717, 1.165) is 5.56 Å². The number of benzene rings is 2. The number of hydrogen-bond acceptors (Lipinski definition) is 2. The molecule has 100 valence electrons. The Morgan fingerprint density at radius 2 is 1.60 bits per heavy atom. The van der Waals surface area contributed by atoms with Gasteiger partial charge in [-0.15, -0.1) is 0 Å². The molecule has 2 heteroatoms. The average Bonchev–Trinajstić information content (AvgIpc) is 2.47. The number of aryl methyl sites for hydroxylation is 1. The maximum Gasteiger partial charge on any atom is 0.167 e. The zero-order valence-corrected chi connectivity index (χ0v) is 11.4. The van der Waals surface area contributed by atoms with Gasteiger partial charge in [0.1, 0.15) is 0 Å². The van der Waals surface area contributed by atoms with Crippen LogP contribution in [-0.2, 0) is 6.42 Å². The van der Waals surface area contributed by atoms with Gasteiger partial charge < -0.3 is 0 Å². The Morgan fingerprint density at radius 3 is 2.30 bits per heavy atom. The monoisotopic (exact) mass is 264 g/mol. The molecule has 20 heavy (non-hydrogen) atoms. The van der Waals surface area contributed by atoms with Crippen molar-refractivity contribution in [2.75, 3.05) is 0 Å². The molecule has 0 bridgehead atoms. The third kappa shape index (κ3) is 2.29. The minimum Gasteiger partial charge on any atom is -0.294 e. The van der Waals surface area contributed by atoms with E-state index >= 15 is 0 Å². The van der Waals surface area contributed by atoms with Crippen LogP contribution >= 0.6 is 0 Å². The van der Waals surface area contributed by atoms with Crippen LogP contribution in [0.1, 0.15) is 38.3 Å². The highest BCUT2D eigenvalue weighted by molar-refractivity contribution is 6.14. The van der Waals surface area contributed by atoms with Crippen LogP contribution in [0, 0.1) is 12.8 Å². The Balaban J connectivity index is 1.88. The third-order valence-corrected chi connectivity index (χ3v) is 3.90. The fourth-order valence-electron chi connectivity index (χ4n) is 2.76. The number of rotatable bonds is 2. The van der Waals surface area contributed by atoms with Crippen LogP contribution in [0.15, 0.2) is 48.5 Å². The van der Waals surface area contributed by atoms with E-state index in [1.165, 1.54) is 5.56 Å². The molecule has 0 unspecified atom stereocenters. The van der Waals surface area contributed by atoms with Gasteiger partial charge in [-0.1, -0.05) is 54.1 Å². The fourth-order valence-corrected chi connectivity index (χ4v) is 2.76. The van der Waals surface area contributed by atoms with Crippen molar-refractivity contribution in [3.63, 3.8) is 0 Å². The lowest BCUT2D eigenvalue weighted by Gasteiger charge is -2.22. The van der Waals surface area contributed by atoms with Crippen molar-refractivity contribution < 1.29 is 9.59 Å². The van der Waals surface area contributed by atoms with E-state index in [2.05, 4.69) is 0 Å². The summed E-state index contributed by atoms with van der Waals surface area (Å²) in [7, 11) is 0. The van der Waals surface area contributed by atoms with Crippen LogP contribution in [0.2, 0.25) is 0 Å². The maximum atomic E-state index is 12.5. The summed E-state index contributed by atoms with van der Waals surface area (Å²) in [5, 5.41) is 0. The zero-order chi connectivity index (χ0) is 14.1. The Hall–Kier alpha value is -2.22. The number of Topliss-reactive ketones (excluding diaryl/α,β-unsaturated/α-hetero) is 2. The van der Waals surface area contributed by atoms with E-state index in [4.69, 9.17) is 0 Å². The Bertz CT molecular complexity index is 668. The minimum absolute atomic E-state index is 0.0808. The fraction of sp³-hybridized carbons (Fsp3) is 0.222. The van der Waals surface area contributed by atoms with Crippen LogP contribution in [0.3, 0.4) is 0 Å². The first kappa shape index (κ1) is 12.8. The molecule has 0 N–H and O–H groups in total. The summed E-state index contributed by atoms with van der Waals surface area (Å²) in [6.07, 6.45) is 0.961. The molecule has 0 saturated heterocycles. The van der Waals surface area contributed by atoms with E-state index in [9.17, 15) is 9.59 Å².